The number of piperidine rings is 1. The van der Waals surface area contributed by atoms with Crippen LogP contribution in [0.25, 0.3) is 10.9 Å². The maximum atomic E-state index is 13.5. The first kappa shape index (κ1) is 20.9. The van der Waals surface area contributed by atoms with Gasteiger partial charge in [0.15, 0.2) is 0 Å². The fraction of sp³-hybridized carbons (Fsp3) is 0.480. The van der Waals surface area contributed by atoms with Crippen LogP contribution in [0, 0.1) is 6.92 Å². The minimum Gasteiger partial charge on any atom is -0.351 e. The molecule has 0 unspecified atom stereocenters. The highest BCUT2D eigenvalue weighted by atomic mass is 16.2. The van der Waals surface area contributed by atoms with Gasteiger partial charge < -0.3 is 14.9 Å². The van der Waals surface area contributed by atoms with Crippen LogP contribution in [-0.4, -0.2) is 49.8 Å². The molecule has 1 fully saturated rings. The highest BCUT2D eigenvalue weighted by Gasteiger charge is 2.33. The van der Waals surface area contributed by atoms with Crippen LogP contribution in [0.3, 0.4) is 0 Å². The zero-order valence-corrected chi connectivity index (χ0v) is 19.1. The molecular formula is C25H31N5O2. The van der Waals surface area contributed by atoms with E-state index in [-0.39, 0.29) is 17.5 Å². The Labute approximate surface area is 187 Å². The first-order valence-corrected chi connectivity index (χ1v) is 11.7. The summed E-state index contributed by atoms with van der Waals surface area (Å²) in [5.74, 6) is 0.601. The molecule has 2 aromatic heterocycles. The number of hydrogen-bond donors (Lipinski definition) is 2. The Hall–Kier alpha value is -2.93. The van der Waals surface area contributed by atoms with Gasteiger partial charge in [0.2, 0.25) is 0 Å². The zero-order chi connectivity index (χ0) is 22.4. The highest BCUT2D eigenvalue weighted by Crippen LogP contribution is 2.31. The van der Waals surface area contributed by atoms with Crippen molar-refractivity contribution in [2.24, 2.45) is 0 Å². The number of fused-ring (bicyclic) bond motifs is 2. The number of benzene rings is 1. The summed E-state index contributed by atoms with van der Waals surface area (Å²) in [6.07, 6.45) is 3.55. The number of amides is 1. The van der Waals surface area contributed by atoms with Gasteiger partial charge in [0.05, 0.1) is 17.3 Å². The number of aromatic amines is 2. The average molecular weight is 434 g/mol. The normalized spacial score (nSPS) is 19.5. The highest BCUT2D eigenvalue weighted by molar-refractivity contribution is 5.99. The number of nitrogens with one attached hydrogen (secondary N) is 2. The van der Waals surface area contributed by atoms with Gasteiger partial charge >= 0.3 is 0 Å². The number of aromatic nitrogens is 3. The van der Waals surface area contributed by atoms with Crippen LogP contribution in [0.2, 0.25) is 0 Å². The Bertz CT molecular complexity index is 1220. The number of carbonyl (C=O) groups excluding carboxylic acids is 1. The van der Waals surface area contributed by atoms with Gasteiger partial charge in [-0.15, -0.1) is 0 Å². The topological polar surface area (TPSA) is 85.1 Å². The summed E-state index contributed by atoms with van der Waals surface area (Å²) in [4.78, 5) is 41.9. The van der Waals surface area contributed by atoms with E-state index in [9.17, 15) is 9.59 Å². The second kappa shape index (κ2) is 8.20. The molecule has 1 aromatic carbocycles. The van der Waals surface area contributed by atoms with Gasteiger partial charge in [0.1, 0.15) is 11.5 Å². The number of H-pyrrole nitrogens is 2. The molecule has 0 spiro atoms. The lowest BCUT2D eigenvalue weighted by atomic mass is 9.99. The molecule has 7 heteroatoms. The van der Waals surface area contributed by atoms with Crippen molar-refractivity contribution in [2.75, 3.05) is 13.1 Å². The lowest BCUT2D eigenvalue weighted by molar-refractivity contribution is 0.0593. The Kier molecular flexibility index (Phi) is 5.37. The van der Waals surface area contributed by atoms with Crippen molar-refractivity contribution in [1.82, 2.24) is 24.8 Å². The molecule has 1 saturated heterocycles. The van der Waals surface area contributed by atoms with Crippen LogP contribution in [0.15, 0.2) is 29.1 Å². The predicted octanol–water partition coefficient (Wildman–Crippen LogP) is 3.69. The molecule has 0 aliphatic carbocycles. The van der Waals surface area contributed by atoms with E-state index in [1.807, 2.05) is 23.1 Å². The number of hydrogen-bond acceptors (Lipinski definition) is 4. The van der Waals surface area contributed by atoms with Gasteiger partial charge in [-0.1, -0.05) is 12.1 Å². The average Bonchev–Trinajstić information content (AvgIpc) is 3.24. The van der Waals surface area contributed by atoms with Gasteiger partial charge in [-0.3, -0.25) is 14.5 Å². The smallest absolute Gasteiger partial charge is 0.270 e. The minimum atomic E-state index is -0.204. The SMILES string of the molecule is Cc1cccc2[nH]c(C(=O)N3CCCC[C@@H]3c3nc4c(c(=O)[nH]3)CN(C(C)C)CC4)cc12. The van der Waals surface area contributed by atoms with E-state index >= 15 is 0 Å². The molecule has 2 aliphatic heterocycles. The van der Waals surface area contributed by atoms with Gasteiger partial charge in [0.25, 0.3) is 11.5 Å². The molecule has 0 saturated carbocycles. The molecule has 4 heterocycles. The van der Waals surface area contributed by atoms with E-state index < -0.39 is 0 Å². The molecule has 0 bridgehead atoms. The third-order valence-electron chi connectivity index (χ3n) is 7.04. The summed E-state index contributed by atoms with van der Waals surface area (Å²) in [5, 5.41) is 1.07. The maximum absolute atomic E-state index is 13.5. The third kappa shape index (κ3) is 3.64. The third-order valence-corrected chi connectivity index (χ3v) is 7.04. The van der Waals surface area contributed by atoms with Crippen molar-refractivity contribution in [3.05, 3.63) is 63.0 Å². The monoisotopic (exact) mass is 433 g/mol. The van der Waals surface area contributed by atoms with E-state index in [0.717, 1.165) is 60.0 Å². The van der Waals surface area contributed by atoms with Crippen LogP contribution in [0.1, 0.15) is 72.3 Å². The first-order chi connectivity index (χ1) is 15.4. The minimum absolute atomic E-state index is 0.0309. The van der Waals surface area contributed by atoms with Gasteiger partial charge in [-0.2, -0.15) is 0 Å². The summed E-state index contributed by atoms with van der Waals surface area (Å²) in [6.45, 7) is 8.56. The van der Waals surface area contributed by atoms with E-state index in [1.54, 1.807) is 0 Å². The molecule has 3 aromatic rings. The standard InChI is InChI=1S/C25H31N5O2/c1-15(2)29-12-10-20-18(14-29)24(31)28-23(27-20)22-9-4-5-11-30(22)25(32)21-13-17-16(3)7-6-8-19(17)26-21/h6-8,13,15,22,26H,4-5,9-12,14H2,1-3H3,(H,27,28,31)/t22-/m1/s1. The van der Waals surface area contributed by atoms with E-state index in [2.05, 4.69) is 41.7 Å². The number of carbonyl (C=O) groups is 1. The summed E-state index contributed by atoms with van der Waals surface area (Å²) in [7, 11) is 0. The predicted molar refractivity (Wildman–Crippen MR) is 125 cm³/mol. The molecule has 2 aliphatic rings. The number of nitrogens with zero attached hydrogens (tertiary/aromatic N) is 3. The largest absolute Gasteiger partial charge is 0.351 e. The molecular weight excluding hydrogens is 402 g/mol. The van der Waals surface area contributed by atoms with Gasteiger partial charge in [0, 0.05) is 43.0 Å². The number of rotatable bonds is 3. The molecule has 1 amide bonds. The Morgan fingerprint density at radius 1 is 1.19 bits per heavy atom. The molecule has 5 rings (SSSR count). The Morgan fingerprint density at radius 3 is 2.81 bits per heavy atom. The second-order valence-corrected chi connectivity index (χ2v) is 9.42. The van der Waals surface area contributed by atoms with Crippen LogP contribution in [0.4, 0.5) is 0 Å². The van der Waals surface area contributed by atoms with Crippen LogP contribution in [0.5, 0.6) is 0 Å². The van der Waals surface area contributed by atoms with Crippen molar-refractivity contribution >= 4 is 16.8 Å². The summed E-state index contributed by atoms with van der Waals surface area (Å²) < 4.78 is 0. The molecule has 168 valence electrons. The van der Waals surface area contributed by atoms with Crippen LogP contribution >= 0.6 is 0 Å². The van der Waals surface area contributed by atoms with Crippen molar-refractivity contribution < 1.29 is 4.79 Å². The van der Waals surface area contributed by atoms with Crippen molar-refractivity contribution in [1.29, 1.82) is 0 Å². The fourth-order valence-corrected chi connectivity index (χ4v) is 5.10. The van der Waals surface area contributed by atoms with Crippen LogP contribution < -0.4 is 5.56 Å². The van der Waals surface area contributed by atoms with Gasteiger partial charge in [-0.05, 0) is 57.7 Å². The van der Waals surface area contributed by atoms with E-state index in [1.165, 1.54) is 0 Å². The Balaban J connectivity index is 1.47. The summed E-state index contributed by atoms with van der Waals surface area (Å²) in [6, 6.07) is 8.18. The van der Waals surface area contributed by atoms with Crippen LogP contribution in [-0.2, 0) is 13.0 Å². The maximum Gasteiger partial charge on any atom is 0.270 e. The molecule has 1 atom stereocenters. The fourth-order valence-electron chi connectivity index (χ4n) is 5.10. The molecule has 7 nitrogen and oxygen atoms in total. The second-order valence-electron chi connectivity index (χ2n) is 9.42. The van der Waals surface area contributed by atoms with Crippen molar-refractivity contribution in [2.45, 2.75) is 65.1 Å². The van der Waals surface area contributed by atoms with E-state index in [4.69, 9.17) is 4.98 Å². The lowest BCUT2D eigenvalue weighted by Crippen LogP contribution is -2.42. The van der Waals surface area contributed by atoms with Gasteiger partial charge in [-0.25, -0.2) is 4.98 Å². The zero-order valence-electron chi connectivity index (χ0n) is 19.1. The number of likely N-dealkylation sites (tertiary alicyclic amines) is 1. The quantitative estimate of drug-likeness (QED) is 0.660. The van der Waals surface area contributed by atoms with Crippen molar-refractivity contribution in [3.63, 3.8) is 0 Å². The lowest BCUT2D eigenvalue weighted by Gasteiger charge is -2.36. The Morgan fingerprint density at radius 2 is 2.03 bits per heavy atom. The molecule has 0 radical (unpaired) electrons. The number of aryl methyl sites for hydroxylation is 1. The summed E-state index contributed by atoms with van der Waals surface area (Å²) in [5.41, 5.74) is 4.30. The first-order valence-electron chi connectivity index (χ1n) is 11.7. The molecule has 32 heavy (non-hydrogen) atoms. The molecule has 2 N–H and O–H groups in total. The summed E-state index contributed by atoms with van der Waals surface area (Å²) >= 11 is 0. The van der Waals surface area contributed by atoms with E-state index in [0.29, 0.717) is 30.6 Å². The van der Waals surface area contributed by atoms with Crippen molar-refractivity contribution in [3.8, 4) is 0 Å².